The molecular formula is C8H7ClNO. The lowest BCUT2D eigenvalue weighted by Gasteiger charge is -1.90. The predicted octanol–water partition coefficient (Wildman–Crippen LogP) is 2.20. The van der Waals surface area contributed by atoms with Crippen molar-refractivity contribution in [2.75, 3.05) is 7.11 Å². The van der Waals surface area contributed by atoms with E-state index in [1.165, 1.54) is 7.11 Å². The van der Waals surface area contributed by atoms with Crippen molar-refractivity contribution >= 4 is 17.8 Å². The highest BCUT2D eigenvalue weighted by Crippen LogP contribution is 2.07. The molecule has 0 saturated carbocycles. The fraction of sp³-hybridized carbons (Fsp3) is 0.125. The minimum atomic E-state index is 0.702. The van der Waals surface area contributed by atoms with Gasteiger partial charge in [0.1, 0.15) is 13.3 Å². The average molecular weight is 169 g/mol. The lowest BCUT2D eigenvalue weighted by atomic mass is 10.2. The summed E-state index contributed by atoms with van der Waals surface area (Å²) in [6.07, 6.45) is 2.67. The van der Waals surface area contributed by atoms with E-state index in [0.29, 0.717) is 5.02 Å². The van der Waals surface area contributed by atoms with Crippen LogP contribution in [-0.4, -0.2) is 13.3 Å². The zero-order chi connectivity index (χ0) is 8.10. The molecule has 0 saturated heterocycles. The van der Waals surface area contributed by atoms with Crippen LogP contribution in [0.2, 0.25) is 5.02 Å². The Balaban J connectivity index is 2.73. The average Bonchev–Trinajstić information content (AvgIpc) is 2.04. The molecule has 0 aliphatic rings. The SMILES string of the molecule is CO/N=[C]\c1ccc(Cl)cc1. The smallest absolute Gasteiger partial charge is 0.139 e. The molecule has 11 heavy (non-hydrogen) atoms. The highest BCUT2D eigenvalue weighted by atomic mass is 35.5. The molecule has 1 radical (unpaired) electrons. The number of rotatable bonds is 2. The Morgan fingerprint density at radius 1 is 1.36 bits per heavy atom. The fourth-order valence-electron chi connectivity index (χ4n) is 0.623. The first kappa shape index (κ1) is 8.08. The van der Waals surface area contributed by atoms with Crippen molar-refractivity contribution in [1.29, 1.82) is 0 Å². The Labute approximate surface area is 70.4 Å². The number of benzene rings is 1. The van der Waals surface area contributed by atoms with E-state index in [9.17, 15) is 0 Å². The van der Waals surface area contributed by atoms with Gasteiger partial charge >= 0.3 is 0 Å². The van der Waals surface area contributed by atoms with Crippen molar-refractivity contribution in [3.05, 3.63) is 34.9 Å². The van der Waals surface area contributed by atoms with Gasteiger partial charge in [0.15, 0.2) is 0 Å². The van der Waals surface area contributed by atoms with Crippen LogP contribution in [-0.2, 0) is 4.84 Å². The van der Waals surface area contributed by atoms with Crippen LogP contribution in [0.25, 0.3) is 0 Å². The lowest BCUT2D eigenvalue weighted by Crippen LogP contribution is -1.79. The molecule has 2 nitrogen and oxygen atoms in total. The van der Waals surface area contributed by atoms with Crippen molar-refractivity contribution < 1.29 is 4.84 Å². The molecule has 0 spiro atoms. The Bertz CT molecular complexity index is 243. The topological polar surface area (TPSA) is 21.6 Å². The first-order valence-electron chi connectivity index (χ1n) is 3.07. The van der Waals surface area contributed by atoms with Gasteiger partial charge in [-0.15, -0.1) is 0 Å². The molecule has 0 aliphatic heterocycles. The number of nitrogens with zero attached hydrogens (tertiary/aromatic N) is 1. The summed E-state index contributed by atoms with van der Waals surface area (Å²) in [6.45, 7) is 0. The maximum atomic E-state index is 5.66. The van der Waals surface area contributed by atoms with E-state index in [-0.39, 0.29) is 0 Å². The minimum Gasteiger partial charge on any atom is -0.399 e. The van der Waals surface area contributed by atoms with Crippen molar-refractivity contribution in [3.63, 3.8) is 0 Å². The molecule has 0 amide bonds. The molecule has 0 heterocycles. The third-order valence-corrected chi connectivity index (χ3v) is 1.36. The molecule has 0 bridgehead atoms. The van der Waals surface area contributed by atoms with Crippen LogP contribution in [0, 0.1) is 0 Å². The second kappa shape index (κ2) is 3.98. The standard InChI is InChI=1S/C8H7ClNO/c1-11-10-6-7-2-4-8(9)5-3-7/h2-5H,1H3. The third kappa shape index (κ3) is 2.60. The maximum absolute atomic E-state index is 5.66. The van der Waals surface area contributed by atoms with Crippen LogP contribution in [0.4, 0.5) is 0 Å². The van der Waals surface area contributed by atoms with Crippen LogP contribution >= 0.6 is 11.6 Å². The summed E-state index contributed by atoms with van der Waals surface area (Å²) in [5.74, 6) is 0. The molecule has 1 rings (SSSR count). The van der Waals surface area contributed by atoms with Crippen molar-refractivity contribution in [2.45, 2.75) is 0 Å². The van der Waals surface area contributed by atoms with Crippen molar-refractivity contribution in [2.24, 2.45) is 5.16 Å². The monoisotopic (exact) mass is 168 g/mol. The van der Waals surface area contributed by atoms with Crippen LogP contribution in [0.1, 0.15) is 5.56 Å². The first-order chi connectivity index (χ1) is 5.33. The predicted molar refractivity (Wildman–Crippen MR) is 45.0 cm³/mol. The summed E-state index contributed by atoms with van der Waals surface area (Å²) in [4.78, 5) is 4.46. The van der Waals surface area contributed by atoms with Crippen molar-refractivity contribution in [1.82, 2.24) is 0 Å². The van der Waals surface area contributed by atoms with E-state index in [1.54, 1.807) is 12.1 Å². The molecule has 0 N–H and O–H groups in total. The lowest BCUT2D eigenvalue weighted by molar-refractivity contribution is 0.215. The zero-order valence-electron chi connectivity index (χ0n) is 6.04. The molecule has 57 valence electrons. The van der Waals surface area contributed by atoms with Gasteiger partial charge in [-0.2, -0.15) is 0 Å². The Morgan fingerprint density at radius 3 is 2.55 bits per heavy atom. The fourth-order valence-corrected chi connectivity index (χ4v) is 0.749. The summed E-state index contributed by atoms with van der Waals surface area (Å²) < 4.78 is 0. The van der Waals surface area contributed by atoms with Crippen LogP contribution in [0.3, 0.4) is 0 Å². The van der Waals surface area contributed by atoms with Gasteiger partial charge in [0.25, 0.3) is 0 Å². The van der Waals surface area contributed by atoms with Gasteiger partial charge in [-0.1, -0.05) is 28.9 Å². The van der Waals surface area contributed by atoms with Gasteiger partial charge in [-0.3, -0.25) is 0 Å². The maximum Gasteiger partial charge on any atom is 0.139 e. The summed E-state index contributed by atoms with van der Waals surface area (Å²) in [5, 5.41) is 4.18. The normalized spacial score (nSPS) is 10.4. The van der Waals surface area contributed by atoms with Gasteiger partial charge in [0.2, 0.25) is 0 Å². The van der Waals surface area contributed by atoms with Crippen LogP contribution < -0.4 is 0 Å². The quantitative estimate of drug-likeness (QED) is 0.490. The number of hydrogen-bond acceptors (Lipinski definition) is 2. The highest BCUT2D eigenvalue weighted by Gasteiger charge is 1.88. The molecule has 1 aromatic carbocycles. The molecule has 0 atom stereocenters. The van der Waals surface area contributed by atoms with E-state index in [2.05, 4.69) is 16.2 Å². The van der Waals surface area contributed by atoms with Gasteiger partial charge < -0.3 is 4.84 Å². The highest BCUT2D eigenvalue weighted by molar-refractivity contribution is 6.30. The van der Waals surface area contributed by atoms with E-state index in [0.717, 1.165) is 5.56 Å². The van der Waals surface area contributed by atoms with Crippen LogP contribution in [0.15, 0.2) is 29.4 Å². The summed E-state index contributed by atoms with van der Waals surface area (Å²) >= 11 is 5.66. The second-order valence-corrected chi connectivity index (χ2v) is 2.33. The van der Waals surface area contributed by atoms with E-state index in [1.807, 2.05) is 12.1 Å². The molecule has 1 aromatic rings. The van der Waals surface area contributed by atoms with E-state index in [4.69, 9.17) is 11.6 Å². The minimum absolute atomic E-state index is 0.702. The van der Waals surface area contributed by atoms with Gasteiger partial charge in [-0.05, 0) is 12.1 Å². The molecule has 0 unspecified atom stereocenters. The third-order valence-electron chi connectivity index (χ3n) is 1.11. The largest absolute Gasteiger partial charge is 0.399 e. The Hall–Kier alpha value is -1.02. The second-order valence-electron chi connectivity index (χ2n) is 1.89. The first-order valence-corrected chi connectivity index (χ1v) is 3.45. The molecular weight excluding hydrogens is 162 g/mol. The Kier molecular flexibility index (Phi) is 2.93. The molecule has 0 aromatic heterocycles. The summed E-state index contributed by atoms with van der Waals surface area (Å²) in [6, 6.07) is 7.17. The number of hydrogen-bond donors (Lipinski definition) is 0. The van der Waals surface area contributed by atoms with Crippen LogP contribution in [0.5, 0.6) is 0 Å². The summed E-state index contributed by atoms with van der Waals surface area (Å²) in [5.41, 5.74) is 0.844. The van der Waals surface area contributed by atoms with Crippen molar-refractivity contribution in [3.8, 4) is 0 Å². The molecule has 0 fully saturated rings. The van der Waals surface area contributed by atoms with E-state index < -0.39 is 0 Å². The zero-order valence-corrected chi connectivity index (χ0v) is 6.80. The Morgan fingerprint density at radius 2 is 2.00 bits per heavy atom. The van der Waals surface area contributed by atoms with Gasteiger partial charge in [0, 0.05) is 10.6 Å². The molecule has 0 aliphatic carbocycles. The summed E-state index contributed by atoms with van der Waals surface area (Å²) in [7, 11) is 1.48. The number of halogens is 1. The van der Waals surface area contributed by atoms with Gasteiger partial charge in [-0.25, -0.2) is 0 Å². The van der Waals surface area contributed by atoms with Gasteiger partial charge in [0.05, 0.1) is 0 Å². The van der Waals surface area contributed by atoms with E-state index >= 15 is 0 Å². The molecule has 3 heteroatoms.